The van der Waals surface area contributed by atoms with E-state index in [4.69, 9.17) is 0 Å². The van der Waals surface area contributed by atoms with E-state index in [0.29, 0.717) is 13.1 Å². The molecule has 1 aromatic carbocycles. The highest BCUT2D eigenvalue weighted by molar-refractivity contribution is 5.93. The molecule has 5 heteroatoms. The van der Waals surface area contributed by atoms with Crippen LogP contribution in [0.3, 0.4) is 0 Å². The summed E-state index contributed by atoms with van der Waals surface area (Å²) in [5.74, 6) is -0.112. The number of rotatable bonds is 9. The van der Waals surface area contributed by atoms with Gasteiger partial charge >= 0.3 is 0 Å². The van der Waals surface area contributed by atoms with E-state index < -0.39 is 0 Å². The Kier molecular flexibility index (Phi) is 8.19. The summed E-state index contributed by atoms with van der Waals surface area (Å²) in [7, 11) is 1.78. The first-order valence-corrected chi connectivity index (χ1v) is 8.35. The second-order valence-electron chi connectivity index (χ2n) is 6.10. The lowest BCUT2D eigenvalue weighted by atomic mass is 10.1. The summed E-state index contributed by atoms with van der Waals surface area (Å²) in [6, 6.07) is 7.76. The molecular weight excluding hydrogens is 302 g/mol. The van der Waals surface area contributed by atoms with Crippen molar-refractivity contribution in [2.45, 2.75) is 27.2 Å². The van der Waals surface area contributed by atoms with Gasteiger partial charge in [-0.1, -0.05) is 37.3 Å². The normalized spacial score (nSPS) is 10.5. The van der Waals surface area contributed by atoms with Gasteiger partial charge in [-0.3, -0.25) is 14.5 Å². The molecule has 0 atom stereocenters. The van der Waals surface area contributed by atoms with Gasteiger partial charge in [0.1, 0.15) is 0 Å². The fourth-order valence-corrected chi connectivity index (χ4v) is 2.47. The number of nitrogens with zero attached hydrogens (tertiary/aromatic N) is 2. The Balaban J connectivity index is 2.54. The minimum absolute atomic E-state index is 0.00441. The smallest absolute Gasteiger partial charge is 0.238 e. The van der Waals surface area contributed by atoms with Gasteiger partial charge < -0.3 is 10.2 Å². The Morgan fingerprint density at radius 1 is 1.12 bits per heavy atom. The van der Waals surface area contributed by atoms with Crippen molar-refractivity contribution >= 4 is 17.5 Å². The van der Waals surface area contributed by atoms with Gasteiger partial charge in [0.15, 0.2) is 0 Å². The molecule has 0 heterocycles. The van der Waals surface area contributed by atoms with Crippen molar-refractivity contribution in [2.75, 3.05) is 38.5 Å². The molecule has 0 aliphatic carbocycles. The van der Waals surface area contributed by atoms with Gasteiger partial charge in [0, 0.05) is 18.8 Å². The number of aryl methyl sites for hydroxylation is 1. The number of para-hydroxylation sites is 1. The Morgan fingerprint density at radius 3 is 2.38 bits per heavy atom. The lowest BCUT2D eigenvalue weighted by molar-refractivity contribution is -0.131. The number of amides is 2. The topological polar surface area (TPSA) is 52.7 Å². The van der Waals surface area contributed by atoms with Gasteiger partial charge in [0.25, 0.3) is 0 Å². The lowest BCUT2D eigenvalue weighted by Gasteiger charge is -2.24. The predicted octanol–water partition coefficient (Wildman–Crippen LogP) is 2.54. The molecule has 1 aromatic rings. The molecule has 0 spiro atoms. The van der Waals surface area contributed by atoms with Crippen LogP contribution in [0.2, 0.25) is 0 Å². The van der Waals surface area contributed by atoms with Crippen LogP contribution in [0.5, 0.6) is 0 Å². The number of hydrogen-bond donors (Lipinski definition) is 1. The van der Waals surface area contributed by atoms with E-state index in [1.165, 1.54) is 0 Å². The van der Waals surface area contributed by atoms with Crippen molar-refractivity contribution in [3.8, 4) is 0 Å². The molecule has 0 saturated heterocycles. The molecule has 1 rings (SSSR count). The van der Waals surface area contributed by atoms with Crippen LogP contribution in [0.4, 0.5) is 5.69 Å². The van der Waals surface area contributed by atoms with Crippen molar-refractivity contribution in [1.29, 1.82) is 0 Å². The fraction of sp³-hybridized carbons (Fsp3) is 0.474. The maximum Gasteiger partial charge on any atom is 0.238 e. The zero-order valence-electron chi connectivity index (χ0n) is 15.3. The van der Waals surface area contributed by atoms with Crippen LogP contribution in [0.25, 0.3) is 0 Å². The van der Waals surface area contributed by atoms with Crippen LogP contribution in [0.15, 0.2) is 36.4 Å². The molecule has 0 unspecified atom stereocenters. The zero-order valence-corrected chi connectivity index (χ0v) is 15.3. The molecule has 0 aliphatic heterocycles. The van der Waals surface area contributed by atoms with E-state index in [1.54, 1.807) is 16.8 Å². The Hall–Kier alpha value is -2.14. The van der Waals surface area contributed by atoms with Gasteiger partial charge in [-0.15, -0.1) is 0 Å². The molecule has 0 radical (unpaired) electrons. The van der Waals surface area contributed by atoms with Crippen LogP contribution in [-0.4, -0.2) is 54.8 Å². The fourth-order valence-electron chi connectivity index (χ4n) is 2.47. The van der Waals surface area contributed by atoms with Gasteiger partial charge in [-0.05, 0) is 38.9 Å². The molecule has 132 valence electrons. The molecule has 0 bridgehead atoms. The summed E-state index contributed by atoms with van der Waals surface area (Å²) in [5.41, 5.74) is 2.88. The molecule has 0 saturated carbocycles. The van der Waals surface area contributed by atoms with E-state index in [2.05, 4.69) is 18.8 Å². The van der Waals surface area contributed by atoms with E-state index in [-0.39, 0.29) is 24.9 Å². The molecule has 0 aliphatic rings. The first-order valence-electron chi connectivity index (χ1n) is 8.35. The van der Waals surface area contributed by atoms with Crippen molar-refractivity contribution in [2.24, 2.45) is 0 Å². The number of nitrogens with one attached hydrogen (secondary N) is 1. The van der Waals surface area contributed by atoms with Gasteiger partial charge in [0.05, 0.1) is 13.1 Å². The van der Waals surface area contributed by atoms with E-state index in [9.17, 15) is 9.59 Å². The van der Waals surface area contributed by atoms with Crippen LogP contribution >= 0.6 is 0 Å². The Labute approximate surface area is 145 Å². The highest BCUT2D eigenvalue weighted by Crippen LogP contribution is 2.15. The summed E-state index contributed by atoms with van der Waals surface area (Å²) in [5, 5.41) is 2.92. The van der Waals surface area contributed by atoms with Gasteiger partial charge in [0.2, 0.25) is 11.8 Å². The third-order valence-corrected chi connectivity index (χ3v) is 3.69. The SMILES string of the molecule is C=C(C)CN(CC)C(=O)CN(C)CC(=O)Nc1ccccc1CC. The number of hydrogen-bond acceptors (Lipinski definition) is 3. The first-order chi connectivity index (χ1) is 11.4. The zero-order chi connectivity index (χ0) is 18.1. The highest BCUT2D eigenvalue weighted by atomic mass is 16.2. The van der Waals surface area contributed by atoms with Crippen LogP contribution in [0.1, 0.15) is 26.3 Å². The summed E-state index contributed by atoms with van der Waals surface area (Å²) in [6.07, 6.45) is 0.858. The number of benzene rings is 1. The predicted molar refractivity (Wildman–Crippen MR) is 99.0 cm³/mol. The third-order valence-electron chi connectivity index (χ3n) is 3.69. The maximum absolute atomic E-state index is 12.3. The molecule has 24 heavy (non-hydrogen) atoms. The minimum Gasteiger partial charge on any atom is -0.338 e. The number of likely N-dealkylation sites (N-methyl/N-ethyl adjacent to an activating group) is 2. The number of carbonyl (C=O) groups excluding carboxylic acids is 2. The molecule has 0 fully saturated rings. The van der Waals surface area contributed by atoms with E-state index in [0.717, 1.165) is 23.2 Å². The highest BCUT2D eigenvalue weighted by Gasteiger charge is 2.16. The second-order valence-corrected chi connectivity index (χ2v) is 6.10. The summed E-state index contributed by atoms with van der Waals surface area (Å²) >= 11 is 0. The minimum atomic E-state index is -0.117. The second kappa shape index (κ2) is 9.88. The van der Waals surface area contributed by atoms with Crippen LogP contribution in [-0.2, 0) is 16.0 Å². The van der Waals surface area contributed by atoms with E-state index in [1.807, 2.05) is 38.1 Å². The first kappa shape index (κ1) is 19.9. The molecule has 1 N–H and O–H groups in total. The number of anilines is 1. The van der Waals surface area contributed by atoms with Crippen molar-refractivity contribution in [3.63, 3.8) is 0 Å². The average molecular weight is 331 g/mol. The van der Waals surface area contributed by atoms with Crippen molar-refractivity contribution in [1.82, 2.24) is 9.80 Å². The quantitative estimate of drug-likeness (QED) is 0.708. The standard InChI is InChI=1S/C19H29N3O2/c1-6-16-10-8-9-11-17(16)20-18(23)13-21(5)14-19(24)22(7-2)12-15(3)4/h8-11H,3,6-7,12-14H2,1-2,4-5H3,(H,20,23). The van der Waals surface area contributed by atoms with E-state index >= 15 is 0 Å². The van der Waals surface area contributed by atoms with Crippen molar-refractivity contribution in [3.05, 3.63) is 42.0 Å². The molecule has 2 amide bonds. The summed E-state index contributed by atoms with van der Waals surface area (Å²) in [6.45, 7) is 11.3. The molecule has 0 aromatic heterocycles. The van der Waals surface area contributed by atoms with Gasteiger partial charge in [-0.2, -0.15) is 0 Å². The Morgan fingerprint density at radius 2 is 1.79 bits per heavy atom. The van der Waals surface area contributed by atoms with Crippen molar-refractivity contribution < 1.29 is 9.59 Å². The summed E-state index contributed by atoms with van der Waals surface area (Å²) in [4.78, 5) is 27.9. The third kappa shape index (κ3) is 6.54. The monoisotopic (exact) mass is 331 g/mol. The molecule has 5 nitrogen and oxygen atoms in total. The summed E-state index contributed by atoms with van der Waals surface area (Å²) < 4.78 is 0. The number of carbonyl (C=O) groups is 2. The van der Waals surface area contributed by atoms with Crippen LogP contribution < -0.4 is 5.32 Å². The largest absolute Gasteiger partial charge is 0.338 e. The lowest BCUT2D eigenvalue weighted by Crippen LogP contribution is -2.42. The maximum atomic E-state index is 12.3. The van der Waals surface area contributed by atoms with Crippen LogP contribution in [0, 0.1) is 0 Å². The average Bonchev–Trinajstić information content (AvgIpc) is 2.52. The van der Waals surface area contributed by atoms with Gasteiger partial charge in [-0.25, -0.2) is 0 Å². The Bertz CT molecular complexity index is 584. The molecular formula is C19H29N3O2.